The third-order valence-corrected chi connectivity index (χ3v) is 4.00. The first-order valence-corrected chi connectivity index (χ1v) is 5.49. The van der Waals surface area contributed by atoms with E-state index < -0.39 is 0 Å². The smallest absolute Gasteiger partial charge is 0.0487 e. The van der Waals surface area contributed by atoms with Crippen molar-refractivity contribution in [3.05, 3.63) is 33.1 Å². The number of aryl methyl sites for hydroxylation is 2. The van der Waals surface area contributed by atoms with Gasteiger partial charge in [0.15, 0.2) is 0 Å². The summed E-state index contributed by atoms with van der Waals surface area (Å²) in [5.41, 5.74) is 2.69. The molecule has 12 heavy (non-hydrogen) atoms. The summed E-state index contributed by atoms with van der Waals surface area (Å²) in [5, 5.41) is 3.58. The SMILES string of the molecule is Cc1cc(Br)c2scc(C)c2c1. The van der Waals surface area contributed by atoms with Gasteiger partial charge in [0.25, 0.3) is 0 Å². The zero-order chi connectivity index (χ0) is 8.72. The predicted octanol–water partition coefficient (Wildman–Crippen LogP) is 4.28. The molecule has 0 nitrogen and oxygen atoms in total. The maximum absolute atomic E-state index is 3.57. The molecule has 0 amide bonds. The van der Waals surface area contributed by atoms with Crippen LogP contribution in [0.2, 0.25) is 0 Å². The van der Waals surface area contributed by atoms with Crippen LogP contribution in [0.15, 0.2) is 22.0 Å². The molecule has 0 aliphatic rings. The van der Waals surface area contributed by atoms with Crippen LogP contribution in [0.3, 0.4) is 0 Å². The summed E-state index contributed by atoms with van der Waals surface area (Å²) < 4.78 is 2.58. The third-order valence-electron chi connectivity index (χ3n) is 1.97. The predicted molar refractivity (Wildman–Crippen MR) is 59.0 cm³/mol. The van der Waals surface area contributed by atoms with E-state index in [4.69, 9.17) is 0 Å². The van der Waals surface area contributed by atoms with Crippen molar-refractivity contribution in [2.45, 2.75) is 13.8 Å². The largest absolute Gasteiger partial charge is 0.142 e. The molecule has 0 unspecified atom stereocenters. The first kappa shape index (κ1) is 8.27. The summed E-state index contributed by atoms with van der Waals surface area (Å²) in [7, 11) is 0. The highest BCUT2D eigenvalue weighted by molar-refractivity contribution is 9.10. The Balaban J connectivity index is 2.92. The van der Waals surface area contributed by atoms with Gasteiger partial charge in [0, 0.05) is 9.17 Å². The highest BCUT2D eigenvalue weighted by atomic mass is 79.9. The van der Waals surface area contributed by atoms with Crippen LogP contribution in [0.1, 0.15) is 11.1 Å². The molecule has 0 spiro atoms. The lowest BCUT2D eigenvalue weighted by atomic mass is 10.1. The second-order valence-corrected chi connectivity index (χ2v) is 4.78. The molecule has 1 heterocycles. The average molecular weight is 241 g/mol. The van der Waals surface area contributed by atoms with E-state index in [1.54, 1.807) is 11.3 Å². The summed E-state index contributed by atoms with van der Waals surface area (Å²) >= 11 is 5.37. The van der Waals surface area contributed by atoms with Gasteiger partial charge in [-0.05, 0) is 57.7 Å². The minimum absolute atomic E-state index is 1.22. The first-order chi connectivity index (χ1) is 5.68. The molecule has 0 N–H and O–H groups in total. The average Bonchev–Trinajstić information content (AvgIpc) is 2.33. The fourth-order valence-electron chi connectivity index (χ4n) is 1.35. The van der Waals surface area contributed by atoms with E-state index in [0.717, 1.165) is 0 Å². The number of benzene rings is 1. The maximum Gasteiger partial charge on any atom is 0.0487 e. The van der Waals surface area contributed by atoms with Crippen LogP contribution in [0.25, 0.3) is 10.1 Å². The van der Waals surface area contributed by atoms with E-state index in [9.17, 15) is 0 Å². The van der Waals surface area contributed by atoms with E-state index in [2.05, 4.69) is 47.3 Å². The summed E-state index contributed by atoms with van der Waals surface area (Å²) in [5.74, 6) is 0. The van der Waals surface area contributed by atoms with Gasteiger partial charge >= 0.3 is 0 Å². The lowest BCUT2D eigenvalue weighted by Gasteiger charge is -1.97. The van der Waals surface area contributed by atoms with Crippen molar-refractivity contribution in [3.63, 3.8) is 0 Å². The zero-order valence-corrected chi connectivity index (χ0v) is 9.42. The van der Waals surface area contributed by atoms with Crippen molar-refractivity contribution in [2.24, 2.45) is 0 Å². The summed E-state index contributed by atoms with van der Waals surface area (Å²) in [6.07, 6.45) is 0. The minimum Gasteiger partial charge on any atom is -0.142 e. The highest BCUT2D eigenvalue weighted by Crippen LogP contribution is 2.32. The van der Waals surface area contributed by atoms with Crippen molar-refractivity contribution < 1.29 is 0 Å². The van der Waals surface area contributed by atoms with Crippen LogP contribution in [0.5, 0.6) is 0 Å². The van der Waals surface area contributed by atoms with E-state index in [1.807, 2.05) is 0 Å². The third kappa shape index (κ3) is 1.19. The molecule has 2 aromatic rings. The number of hydrogen-bond donors (Lipinski definition) is 0. The Hall–Kier alpha value is -0.340. The Morgan fingerprint density at radius 1 is 1.25 bits per heavy atom. The summed E-state index contributed by atoms with van der Waals surface area (Å²) in [4.78, 5) is 0. The molecule has 0 saturated carbocycles. The summed E-state index contributed by atoms with van der Waals surface area (Å²) in [6, 6.07) is 4.41. The minimum atomic E-state index is 1.22. The fraction of sp³-hybridized carbons (Fsp3) is 0.200. The van der Waals surface area contributed by atoms with Crippen molar-refractivity contribution in [3.8, 4) is 0 Å². The number of rotatable bonds is 0. The molecule has 0 aliphatic carbocycles. The fourth-order valence-corrected chi connectivity index (χ4v) is 3.15. The monoisotopic (exact) mass is 240 g/mol. The number of halogens is 1. The standard InChI is InChI=1S/C10H9BrS/c1-6-3-8-7(2)5-12-10(8)9(11)4-6/h3-5H,1-2H3. The number of hydrogen-bond acceptors (Lipinski definition) is 1. The van der Waals surface area contributed by atoms with Gasteiger partial charge in [-0.15, -0.1) is 11.3 Å². The van der Waals surface area contributed by atoms with Gasteiger partial charge in [-0.2, -0.15) is 0 Å². The number of thiophene rings is 1. The van der Waals surface area contributed by atoms with Crippen LogP contribution in [-0.4, -0.2) is 0 Å². The molecular formula is C10H9BrS. The van der Waals surface area contributed by atoms with E-state index in [0.29, 0.717) is 0 Å². The second-order valence-electron chi connectivity index (χ2n) is 3.04. The van der Waals surface area contributed by atoms with Crippen LogP contribution in [-0.2, 0) is 0 Å². The van der Waals surface area contributed by atoms with Crippen molar-refractivity contribution in [2.75, 3.05) is 0 Å². The van der Waals surface area contributed by atoms with Gasteiger partial charge in [-0.3, -0.25) is 0 Å². The van der Waals surface area contributed by atoms with Crippen molar-refractivity contribution in [1.29, 1.82) is 0 Å². The van der Waals surface area contributed by atoms with E-state index >= 15 is 0 Å². The van der Waals surface area contributed by atoms with Gasteiger partial charge in [-0.1, -0.05) is 6.07 Å². The quantitative estimate of drug-likeness (QED) is 0.645. The van der Waals surface area contributed by atoms with Crippen LogP contribution >= 0.6 is 27.3 Å². The van der Waals surface area contributed by atoms with Gasteiger partial charge < -0.3 is 0 Å². The van der Waals surface area contributed by atoms with Gasteiger partial charge in [0.05, 0.1) is 0 Å². The Morgan fingerprint density at radius 3 is 2.75 bits per heavy atom. The maximum atomic E-state index is 3.57. The number of fused-ring (bicyclic) bond motifs is 1. The Bertz CT molecular complexity index is 429. The molecule has 0 aliphatic heterocycles. The molecule has 0 atom stereocenters. The van der Waals surface area contributed by atoms with Gasteiger partial charge in [0.2, 0.25) is 0 Å². The zero-order valence-electron chi connectivity index (χ0n) is 7.02. The summed E-state index contributed by atoms with van der Waals surface area (Å²) in [6.45, 7) is 4.28. The normalized spacial score (nSPS) is 10.9. The lowest BCUT2D eigenvalue weighted by Crippen LogP contribution is -1.74. The van der Waals surface area contributed by atoms with Crippen LogP contribution in [0.4, 0.5) is 0 Å². The molecule has 1 aromatic carbocycles. The molecular weight excluding hydrogens is 232 g/mol. The Morgan fingerprint density at radius 2 is 2.00 bits per heavy atom. The topological polar surface area (TPSA) is 0 Å². The van der Waals surface area contributed by atoms with Crippen molar-refractivity contribution in [1.82, 2.24) is 0 Å². The molecule has 0 saturated heterocycles. The molecule has 0 fully saturated rings. The molecule has 1 aromatic heterocycles. The molecule has 2 rings (SSSR count). The Kier molecular flexibility index (Phi) is 1.97. The van der Waals surface area contributed by atoms with Gasteiger partial charge in [-0.25, -0.2) is 0 Å². The molecule has 2 heteroatoms. The van der Waals surface area contributed by atoms with Crippen molar-refractivity contribution >= 4 is 37.4 Å². The van der Waals surface area contributed by atoms with Gasteiger partial charge in [0.1, 0.15) is 0 Å². The van der Waals surface area contributed by atoms with Crippen LogP contribution < -0.4 is 0 Å². The Labute approximate surface area is 84.4 Å². The van der Waals surface area contributed by atoms with Crippen LogP contribution in [0, 0.1) is 13.8 Å². The lowest BCUT2D eigenvalue weighted by molar-refractivity contribution is 1.48. The first-order valence-electron chi connectivity index (χ1n) is 3.82. The molecule has 0 radical (unpaired) electrons. The molecule has 0 bridgehead atoms. The highest BCUT2D eigenvalue weighted by Gasteiger charge is 2.03. The van der Waals surface area contributed by atoms with E-state index in [-0.39, 0.29) is 0 Å². The second kappa shape index (κ2) is 2.86. The van der Waals surface area contributed by atoms with E-state index in [1.165, 1.54) is 25.7 Å². The molecule has 62 valence electrons.